The van der Waals surface area contributed by atoms with Gasteiger partial charge in [0.2, 0.25) is 0 Å². The normalized spacial score (nSPS) is 11.1. The van der Waals surface area contributed by atoms with E-state index in [-0.39, 0.29) is 17.9 Å². The number of carbonyl (C=O) groups is 1. The van der Waals surface area contributed by atoms with E-state index in [9.17, 15) is 19.8 Å². The Hall–Kier alpha value is -4.04. The summed E-state index contributed by atoms with van der Waals surface area (Å²) >= 11 is 0. The Morgan fingerprint density at radius 2 is 1.58 bits per heavy atom. The van der Waals surface area contributed by atoms with Crippen molar-refractivity contribution in [3.63, 3.8) is 0 Å². The van der Waals surface area contributed by atoms with E-state index in [1.807, 2.05) is 41.3 Å². The summed E-state index contributed by atoms with van der Waals surface area (Å²) < 4.78 is 5.31. The molecule has 1 aromatic carbocycles. The van der Waals surface area contributed by atoms with Crippen molar-refractivity contribution in [3.05, 3.63) is 99.9 Å². The van der Waals surface area contributed by atoms with Crippen LogP contribution in [0.25, 0.3) is 11.0 Å². The van der Waals surface area contributed by atoms with E-state index >= 15 is 0 Å². The molecule has 0 radical (unpaired) electrons. The van der Waals surface area contributed by atoms with Crippen LogP contribution in [-0.2, 0) is 19.6 Å². The van der Waals surface area contributed by atoms with Gasteiger partial charge in [-0.1, -0.05) is 12.1 Å². The van der Waals surface area contributed by atoms with Crippen LogP contribution in [0.15, 0.2) is 76.2 Å². The molecule has 8 heteroatoms. The number of rotatable bonds is 7. The van der Waals surface area contributed by atoms with E-state index in [1.165, 1.54) is 18.2 Å². The zero-order valence-corrected chi connectivity index (χ0v) is 16.4. The second-order valence-electron chi connectivity index (χ2n) is 7.02. The molecule has 4 aromatic rings. The molecular formula is C23H19N3O5. The van der Waals surface area contributed by atoms with Crippen LogP contribution < -0.4 is 5.63 Å². The molecular weight excluding hydrogens is 398 g/mol. The minimum atomic E-state index is -1.36. The fourth-order valence-corrected chi connectivity index (χ4v) is 3.37. The van der Waals surface area contributed by atoms with Gasteiger partial charge in [0.25, 0.3) is 0 Å². The van der Waals surface area contributed by atoms with E-state index in [2.05, 4.69) is 9.97 Å². The van der Waals surface area contributed by atoms with Crippen LogP contribution in [0.2, 0.25) is 0 Å². The third-order valence-electron chi connectivity index (χ3n) is 4.82. The number of hydrogen-bond donors (Lipinski definition) is 2. The highest BCUT2D eigenvalue weighted by molar-refractivity contribution is 5.92. The van der Waals surface area contributed by atoms with Crippen molar-refractivity contribution in [1.29, 1.82) is 0 Å². The zero-order valence-electron chi connectivity index (χ0n) is 16.4. The maximum Gasteiger partial charge on any atom is 0.351 e. The van der Waals surface area contributed by atoms with Crippen LogP contribution in [0.5, 0.6) is 5.75 Å². The predicted octanol–water partition coefficient (Wildman–Crippen LogP) is 3.19. The van der Waals surface area contributed by atoms with Crippen molar-refractivity contribution in [2.75, 3.05) is 0 Å². The number of pyridine rings is 2. The van der Waals surface area contributed by atoms with Crippen molar-refractivity contribution in [1.82, 2.24) is 14.9 Å². The maximum absolute atomic E-state index is 12.1. The number of phenolic OH excluding ortho intramolecular Hbond substituents is 1. The zero-order chi connectivity index (χ0) is 21.8. The van der Waals surface area contributed by atoms with Gasteiger partial charge >= 0.3 is 11.6 Å². The van der Waals surface area contributed by atoms with E-state index in [4.69, 9.17) is 4.42 Å². The van der Waals surface area contributed by atoms with Crippen molar-refractivity contribution >= 4 is 16.9 Å². The van der Waals surface area contributed by atoms with Gasteiger partial charge in [0.15, 0.2) is 0 Å². The van der Waals surface area contributed by atoms with Gasteiger partial charge in [0.1, 0.15) is 16.9 Å². The minimum absolute atomic E-state index is 0.0502. The summed E-state index contributed by atoms with van der Waals surface area (Å²) in [7, 11) is 0. The Bertz CT molecular complexity index is 1230. The molecule has 0 atom stereocenters. The highest BCUT2D eigenvalue weighted by atomic mass is 16.4. The first-order chi connectivity index (χ1) is 15.0. The quantitative estimate of drug-likeness (QED) is 0.440. The lowest BCUT2D eigenvalue weighted by molar-refractivity contribution is 0.0692. The van der Waals surface area contributed by atoms with Gasteiger partial charge in [0.05, 0.1) is 17.0 Å². The molecule has 8 nitrogen and oxygen atoms in total. The average molecular weight is 417 g/mol. The molecule has 4 rings (SSSR count). The summed E-state index contributed by atoms with van der Waals surface area (Å²) in [4.78, 5) is 34.2. The highest BCUT2D eigenvalue weighted by Crippen LogP contribution is 2.29. The third kappa shape index (κ3) is 4.59. The summed E-state index contributed by atoms with van der Waals surface area (Å²) in [6, 6.07) is 15.5. The molecule has 0 unspecified atom stereocenters. The van der Waals surface area contributed by atoms with Crippen molar-refractivity contribution in [2.45, 2.75) is 19.6 Å². The van der Waals surface area contributed by atoms with E-state index in [1.54, 1.807) is 12.4 Å². The van der Waals surface area contributed by atoms with Crippen molar-refractivity contribution in [3.8, 4) is 5.75 Å². The molecule has 0 aliphatic rings. The smallest absolute Gasteiger partial charge is 0.351 e. The summed E-state index contributed by atoms with van der Waals surface area (Å²) in [5, 5.41) is 20.1. The first-order valence-electron chi connectivity index (χ1n) is 9.55. The van der Waals surface area contributed by atoms with Gasteiger partial charge in [0, 0.05) is 37.4 Å². The number of nitrogens with zero attached hydrogens (tertiary/aromatic N) is 3. The number of aromatic hydroxyl groups is 1. The molecule has 0 amide bonds. The number of carboxylic acid groups (broad SMARTS) is 1. The Kier molecular flexibility index (Phi) is 5.72. The van der Waals surface area contributed by atoms with E-state index in [0.29, 0.717) is 24.0 Å². The number of carboxylic acids is 1. The fourth-order valence-electron chi connectivity index (χ4n) is 3.37. The molecule has 3 aromatic heterocycles. The van der Waals surface area contributed by atoms with Gasteiger partial charge < -0.3 is 14.6 Å². The highest BCUT2D eigenvalue weighted by Gasteiger charge is 2.19. The molecule has 0 fully saturated rings. The minimum Gasteiger partial charge on any atom is -0.507 e. The first-order valence-corrected chi connectivity index (χ1v) is 9.55. The van der Waals surface area contributed by atoms with Gasteiger partial charge in [-0.05, 0) is 42.5 Å². The topological polar surface area (TPSA) is 117 Å². The number of benzene rings is 1. The predicted molar refractivity (Wildman–Crippen MR) is 113 cm³/mol. The third-order valence-corrected chi connectivity index (χ3v) is 4.82. The van der Waals surface area contributed by atoms with Crippen LogP contribution in [0.1, 0.15) is 27.3 Å². The van der Waals surface area contributed by atoms with Crippen LogP contribution in [0.3, 0.4) is 0 Å². The van der Waals surface area contributed by atoms with Gasteiger partial charge in [-0.15, -0.1) is 0 Å². The van der Waals surface area contributed by atoms with E-state index < -0.39 is 17.2 Å². The van der Waals surface area contributed by atoms with Crippen LogP contribution in [0, 0.1) is 0 Å². The number of fused-ring (bicyclic) bond motifs is 1. The summed E-state index contributed by atoms with van der Waals surface area (Å²) in [5.41, 5.74) is 0.775. The van der Waals surface area contributed by atoms with Gasteiger partial charge in [-0.25, -0.2) is 9.59 Å². The van der Waals surface area contributed by atoms with Crippen molar-refractivity contribution < 1.29 is 19.4 Å². The lowest BCUT2D eigenvalue weighted by atomic mass is 10.1. The molecule has 0 aliphatic carbocycles. The SMILES string of the molecule is O=C(O)c1cc2ccc(O)c(CN(Cc3ccccn3)Cc3ccccn3)c2oc1=O. The monoisotopic (exact) mass is 417 g/mol. The van der Waals surface area contributed by atoms with Crippen LogP contribution in [-0.4, -0.2) is 31.1 Å². The Morgan fingerprint density at radius 3 is 2.13 bits per heavy atom. The molecule has 0 aliphatic heterocycles. The number of aromatic carboxylic acids is 1. The maximum atomic E-state index is 12.1. The molecule has 0 saturated heterocycles. The Balaban J connectivity index is 1.74. The Labute approximate surface area is 177 Å². The first kappa shape index (κ1) is 20.2. The van der Waals surface area contributed by atoms with E-state index in [0.717, 1.165) is 11.4 Å². The summed E-state index contributed by atoms with van der Waals surface area (Å²) in [6.07, 6.45) is 3.41. The molecule has 0 spiro atoms. The summed E-state index contributed by atoms with van der Waals surface area (Å²) in [5.74, 6) is -1.41. The van der Waals surface area contributed by atoms with Gasteiger partial charge in [-0.3, -0.25) is 14.9 Å². The molecule has 0 saturated carbocycles. The average Bonchev–Trinajstić information content (AvgIpc) is 2.77. The fraction of sp³-hybridized carbons (Fsp3) is 0.130. The molecule has 0 bridgehead atoms. The van der Waals surface area contributed by atoms with Crippen molar-refractivity contribution in [2.24, 2.45) is 0 Å². The largest absolute Gasteiger partial charge is 0.507 e. The molecule has 3 heterocycles. The standard InChI is InChI=1S/C23H19N3O5/c27-20-8-7-15-11-18(22(28)29)23(30)31-21(15)19(20)14-26(12-16-5-1-3-9-24-16)13-17-6-2-4-10-25-17/h1-11,27H,12-14H2,(H,28,29). The number of phenols is 1. The molecule has 31 heavy (non-hydrogen) atoms. The van der Waals surface area contributed by atoms with Crippen LogP contribution in [0.4, 0.5) is 0 Å². The van der Waals surface area contributed by atoms with Crippen LogP contribution >= 0.6 is 0 Å². The molecule has 2 N–H and O–H groups in total. The lowest BCUT2D eigenvalue weighted by Crippen LogP contribution is -2.24. The Morgan fingerprint density at radius 1 is 0.935 bits per heavy atom. The molecule has 156 valence electrons. The lowest BCUT2D eigenvalue weighted by Gasteiger charge is -2.22. The van der Waals surface area contributed by atoms with Gasteiger partial charge in [-0.2, -0.15) is 0 Å². The number of aromatic nitrogens is 2. The second kappa shape index (κ2) is 8.76. The summed E-state index contributed by atoms with van der Waals surface area (Å²) in [6.45, 7) is 1.15. The number of hydrogen-bond acceptors (Lipinski definition) is 7. The second-order valence-corrected chi connectivity index (χ2v) is 7.02.